The molecule has 0 saturated heterocycles. The Bertz CT molecular complexity index is 290. The van der Waals surface area contributed by atoms with Crippen molar-refractivity contribution in [3.63, 3.8) is 0 Å². The lowest BCUT2D eigenvalue weighted by Gasteiger charge is -2.23. The molecule has 90 valence electrons. The summed E-state index contributed by atoms with van der Waals surface area (Å²) >= 11 is 6.03. The summed E-state index contributed by atoms with van der Waals surface area (Å²) in [6, 6.07) is -0.0998. The van der Waals surface area contributed by atoms with Crippen LogP contribution in [0.25, 0.3) is 0 Å². The minimum Gasteiger partial charge on any atom is -0.198 e. The molecule has 0 spiro atoms. The fraction of sp³-hybridized carbons (Fsp3) is 1.00. The molecule has 1 N–H and O–H groups in total. The maximum absolute atomic E-state index is 11.9. The van der Waals surface area contributed by atoms with Crippen LogP contribution in [0.15, 0.2) is 0 Å². The van der Waals surface area contributed by atoms with E-state index in [1.165, 1.54) is 4.31 Å². The van der Waals surface area contributed by atoms with Crippen LogP contribution in [0.1, 0.15) is 33.1 Å². The molecule has 1 rings (SSSR count). The van der Waals surface area contributed by atoms with Crippen molar-refractivity contribution < 1.29 is 8.42 Å². The van der Waals surface area contributed by atoms with E-state index < -0.39 is 10.2 Å². The van der Waals surface area contributed by atoms with Crippen LogP contribution in [-0.4, -0.2) is 37.2 Å². The van der Waals surface area contributed by atoms with Crippen LogP contribution >= 0.6 is 11.6 Å². The maximum Gasteiger partial charge on any atom is 0.279 e. The molecule has 0 radical (unpaired) electrons. The molecule has 2 atom stereocenters. The van der Waals surface area contributed by atoms with Crippen molar-refractivity contribution in [2.45, 2.75) is 44.5 Å². The average Bonchev–Trinajstić information content (AvgIpc) is 2.52. The van der Waals surface area contributed by atoms with Gasteiger partial charge in [-0.05, 0) is 12.8 Å². The van der Waals surface area contributed by atoms with Crippen molar-refractivity contribution in [3.05, 3.63) is 0 Å². The number of rotatable bonds is 5. The lowest BCUT2D eigenvalue weighted by molar-refractivity contribution is 0.426. The summed E-state index contributed by atoms with van der Waals surface area (Å²) in [6.07, 6.45) is 2.74. The molecule has 15 heavy (non-hydrogen) atoms. The summed E-state index contributed by atoms with van der Waals surface area (Å²) in [5.74, 6) is 0. The predicted octanol–water partition coefficient (Wildman–Crippen LogP) is 1.32. The van der Waals surface area contributed by atoms with E-state index in [1.54, 1.807) is 0 Å². The first kappa shape index (κ1) is 13.2. The summed E-state index contributed by atoms with van der Waals surface area (Å²) in [6.45, 7) is 4.64. The van der Waals surface area contributed by atoms with Crippen LogP contribution in [0.5, 0.6) is 0 Å². The number of alkyl halides is 1. The third-order valence-corrected chi connectivity index (χ3v) is 5.10. The molecule has 0 bridgehead atoms. The van der Waals surface area contributed by atoms with Gasteiger partial charge in [0.2, 0.25) is 0 Å². The monoisotopic (exact) mass is 254 g/mol. The zero-order valence-electron chi connectivity index (χ0n) is 9.24. The Hall–Kier alpha value is 0.160. The number of hydrogen-bond acceptors (Lipinski definition) is 2. The molecule has 0 aliphatic heterocycles. The van der Waals surface area contributed by atoms with Gasteiger partial charge in [0, 0.05) is 24.5 Å². The Morgan fingerprint density at radius 3 is 2.33 bits per heavy atom. The van der Waals surface area contributed by atoms with Crippen LogP contribution < -0.4 is 4.72 Å². The molecule has 6 heteroatoms. The Balaban J connectivity index is 2.62. The summed E-state index contributed by atoms with van der Waals surface area (Å²) in [7, 11) is -3.34. The third-order valence-electron chi connectivity index (χ3n) is 2.78. The van der Waals surface area contributed by atoms with Crippen molar-refractivity contribution in [1.29, 1.82) is 0 Å². The first-order valence-electron chi connectivity index (χ1n) is 5.42. The SMILES string of the molecule is CCN(CC)S(=O)(=O)NC1CCCC1Cl. The zero-order valence-corrected chi connectivity index (χ0v) is 10.8. The minimum atomic E-state index is -3.34. The van der Waals surface area contributed by atoms with Gasteiger partial charge >= 0.3 is 0 Å². The molecule has 0 aromatic rings. The van der Waals surface area contributed by atoms with Crippen LogP contribution in [0.3, 0.4) is 0 Å². The van der Waals surface area contributed by atoms with E-state index in [0.29, 0.717) is 13.1 Å². The van der Waals surface area contributed by atoms with Crippen LogP contribution in [0.4, 0.5) is 0 Å². The van der Waals surface area contributed by atoms with E-state index in [0.717, 1.165) is 19.3 Å². The Labute approximate surface area is 97.2 Å². The van der Waals surface area contributed by atoms with Crippen molar-refractivity contribution in [2.75, 3.05) is 13.1 Å². The number of halogens is 1. The molecule has 1 aliphatic rings. The maximum atomic E-state index is 11.9. The Morgan fingerprint density at radius 1 is 1.33 bits per heavy atom. The second-order valence-electron chi connectivity index (χ2n) is 3.76. The lowest BCUT2D eigenvalue weighted by atomic mass is 10.3. The van der Waals surface area contributed by atoms with Gasteiger partial charge in [0.05, 0.1) is 0 Å². The number of nitrogens with zero attached hydrogens (tertiary/aromatic N) is 1. The summed E-state index contributed by atoms with van der Waals surface area (Å²) in [5.41, 5.74) is 0. The highest BCUT2D eigenvalue weighted by Crippen LogP contribution is 2.24. The fourth-order valence-corrected chi connectivity index (χ4v) is 3.79. The quantitative estimate of drug-likeness (QED) is 0.753. The number of hydrogen-bond donors (Lipinski definition) is 1. The van der Waals surface area contributed by atoms with Crippen molar-refractivity contribution in [3.8, 4) is 0 Å². The van der Waals surface area contributed by atoms with Crippen LogP contribution in [0, 0.1) is 0 Å². The summed E-state index contributed by atoms with van der Waals surface area (Å²) in [5, 5.41) is -0.0599. The van der Waals surface area contributed by atoms with Crippen molar-refractivity contribution in [1.82, 2.24) is 9.03 Å². The molecule has 0 aromatic heterocycles. The van der Waals surface area contributed by atoms with Gasteiger partial charge in [0.15, 0.2) is 0 Å². The van der Waals surface area contributed by atoms with E-state index in [4.69, 9.17) is 11.6 Å². The van der Waals surface area contributed by atoms with E-state index >= 15 is 0 Å². The normalized spacial score (nSPS) is 27.5. The molecular formula is C9H19ClN2O2S. The molecule has 1 saturated carbocycles. The Kier molecular flexibility index (Phi) is 4.83. The van der Waals surface area contributed by atoms with Gasteiger partial charge in [-0.3, -0.25) is 0 Å². The number of nitrogens with one attached hydrogen (secondary N) is 1. The largest absolute Gasteiger partial charge is 0.279 e. The zero-order chi connectivity index (χ0) is 11.5. The van der Waals surface area contributed by atoms with Gasteiger partial charge in [-0.2, -0.15) is 17.4 Å². The van der Waals surface area contributed by atoms with Crippen LogP contribution in [-0.2, 0) is 10.2 Å². The summed E-state index contributed by atoms with van der Waals surface area (Å²) in [4.78, 5) is 0. The first-order valence-corrected chi connectivity index (χ1v) is 7.30. The summed E-state index contributed by atoms with van der Waals surface area (Å²) < 4.78 is 27.8. The van der Waals surface area contributed by atoms with Gasteiger partial charge in [0.1, 0.15) is 0 Å². The van der Waals surface area contributed by atoms with Crippen molar-refractivity contribution >= 4 is 21.8 Å². The highest BCUT2D eigenvalue weighted by Gasteiger charge is 2.30. The topological polar surface area (TPSA) is 49.4 Å². The van der Waals surface area contributed by atoms with Crippen LogP contribution in [0.2, 0.25) is 0 Å². The van der Waals surface area contributed by atoms with Crippen molar-refractivity contribution in [2.24, 2.45) is 0 Å². The minimum absolute atomic E-state index is 0.0599. The van der Waals surface area contributed by atoms with E-state index in [9.17, 15) is 8.42 Å². The molecule has 0 heterocycles. The standard InChI is InChI=1S/C9H19ClN2O2S/c1-3-12(4-2)15(13,14)11-9-7-5-6-8(9)10/h8-9,11H,3-7H2,1-2H3. The predicted molar refractivity (Wildman–Crippen MR) is 62.3 cm³/mol. The smallest absolute Gasteiger partial charge is 0.198 e. The fourth-order valence-electron chi connectivity index (χ4n) is 1.88. The second-order valence-corrected chi connectivity index (χ2v) is 6.02. The van der Waals surface area contributed by atoms with E-state index in [2.05, 4.69) is 4.72 Å². The second kappa shape index (κ2) is 5.48. The van der Waals surface area contributed by atoms with Gasteiger partial charge in [-0.25, -0.2) is 0 Å². The average molecular weight is 255 g/mol. The molecule has 0 aromatic carbocycles. The Morgan fingerprint density at radius 2 is 1.93 bits per heavy atom. The molecule has 2 unspecified atom stereocenters. The van der Waals surface area contributed by atoms with Gasteiger partial charge in [-0.15, -0.1) is 11.6 Å². The molecule has 1 fully saturated rings. The third kappa shape index (κ3) is 3.31. The lowest BCUT2D eigenvalue weighted by Crippen LogP contribution is -2.46. The highest BCUT2D eigenvalue weighted by molar-refractivity contribution is 7.87. The highest BCUT2D eigenvalue weighted by atomic mass is 35.5. The van der Waals surface area contributed by atoms with Gasteiger partial charge in [-0.1, -0.05) is 20.3 Å². The van der Waals surface area contributed by atoms with Gasteiger partial charge < -0.3 is 0 Å². The molecular weight excluding hydrogens is 236 g/mol. The molecule has 0 amide bonds. The first-order chi connectivity index (χ1) is 7.01. The molecule has 4 nitrogen and oxygen atoms in total. The van der Waals surface area contributed by atoms with E-state index in [-0.39, 0.29) is 11.4 Å². The van der Waals surface area contributed by atoms with Gasteiger partial charge in [0.25, 0.3) is 10.2 Å². The van der Waals surface area contributed by atoms with E-state index in [1.807, 2.05) is 13.8 Å². The molecule has 1 aliphatic carbocycles.